The molecule has 0 aliphatic rings. The van der Waals surface area contributed by atoms with E-state index in [-0.39, 0.29) is 23.9 Å². The minimum Gasteiger partial charge on any atom is -0.302 e. The molecular formula is C22H27F2NO. The van der Waals surface area contributed by atoms with Gasteiger partial charge in [-0.2, -0.15) is 5.06 Å². The lowest BCUT2D eigenvalue weighted by Gasteiger charge is -2.31. The zero-order valence-electron chi connectivity index (χ0n) is 15.9. The first kappa shape index (κ1) is 20.3. The number of hydroxylamine groups is 2. The van der Waals surface area contributed by atoms with Gasteiger partial charge in [0, 0.05) is 18.0 Å². The second-order valence-electron chi connectivity index (χ2n) is 6.67. The zero-order valence-corrected chi connectivity index (χ0v) is 15.9. The van der Waals surface area contributed by atoms with Crippen LogP contribution in [0.5, 0.6) is 0 Å². The standard InChI is InChI=1S/C22H27F2NO/c1-6-17(4)25(26-5)14-18(22-15(2)9-7-10-16(22)3)13-19-20(23)11-8-12-21(19)24/h6-12,17-18H,1,13-14H2,2-5H3. The van der Waals surface area contributed by atoms with Crippen LogP contribution in [-0.4, -0.2) is 24.8 Å². The third-order valence-corrected chi connectivity index (χ3v) is 4.89. The highest BCUT2D eigenvalue weighted by Gasteiger charge is 2.24. The summed E-state index contributed by atoms with van der Waals surface area (Å²) in [4.78, 5) is 5.51. The second-order valence-corrected chi connectivity index (χ2v) is 6.67. The van der Waals surface area contributed by atoms with Gasteiger partial charge >= 0.3 is 0 Å². The molecule has 26 heavy (non-hydrogen) atoms. The third kappa shape index (κ3) is 4.57. The fourth-order valence-corrected chi connectivity index (χ4v) is 3.44. The lowest BCUT2D eigenvalue weighted by atomic mass is 9.85. The van der Waals surface area contributed by atoms with Crippen molar-refractivity contribution < 1.29 is 13.6 Å². The SMILES string of the molecule is C=CC(C)N(CC(Cc1c(F)cccc1F)c1c(C)cccc1C)OC. The summed E-state index contributed by atoms with van der Waals surface area (Å²) in [6, 6.07) is 10.0. The molecule has 0 saturated heterocycles. The Bertz CT molecular complexity index is 719. The Morgan fingerprint density at radius 3 is 2.12 bits per heavy atom. The van der Waals surface area contributed by atoms with Gasteiger partial charge in [-0.25, -0.2) is 8.78 Å². The summed E-state index contributed by atoms with van der Waals surface area (Å²) < 4.78 is 28.5. The summed E-state index contributed by atoms with van der Waals surface area (Å²) in [6.45, 7) is 10.4. The maximum atomic E-state index is 14.3. The normalized spacial score (nSPS) is 13.7. The van der Waals surface area contributed by atoms with Gasteiger partial charge in [0.15, 0.2) is 0 Å². The maximum Gasteiger partial charge on any atom is 0.129 e. The largest absolute Gasteiger partial charge is 0.302 e. The highest BCUT2D eigenvalue weighted by atomic mass is 19.1. The third-order valence-electron chi connectivity index (χ3n) is 4.89. The molecule has 4 heteroatoms. The van der Waals surface area contributed by atoms with Crippen LogP contribution in [-0.2, 0) is 11.3 Å². The molecule has 2 aromatic rings. The van der Waals surface area contributed by atoms with E-state index in [9.17, 15) is 8.78 Å². The van der Waals surface area contributed by atoms with Crippen LogP contribution in [0.15, 0.2) is 49.1 Å². The van der Waals surface area contributed by atoms with Crippen molar-refractivity contribution in [2.45, 2.75) is 39.2 Å². The van der Waals surface area contributed by atoms with E-state index < -0.39 is 11.6 Å². The molecule has 0 bridgehead atoms. The quantitative estimate of drug-likeness (QED) is 0.466. The van der Waals surface area contributed by atoms with E-state index in [4.69, 9.17) is 4.84 Å². The summed E-state index contributed by atoms with van der Waals surface area (Å²) in [5.74, 6) is -1.14. The molecule has 0 N–H and O–H groups in total. The molecule has 0 fully saturated rings. The van der Waals surface area contributed by atoms with Crippen LogP contribution in [0.2, 0.25) is 0 Å². The zero-order chi connectivity index (χ0) is 19.3. The van der Waals surface area contributed by atoms with Crippen LogP contribution in [0.25, 0.3) is 0 Å². The van der Waals surface area contributed by atoms with Crippen LogP contribution in [0.1, 0.15) is 35.1 Å². The molecule has 0 saturated carbocycles. The van der Waals surface area contributed by atoms with E-state index in [2.05, 4.69) is 6.58 Å². The van der Waals surface area contributed by atoms with Crippen molar-refractivity contribution in [3.63, 3.8) is 0 Å². The number of hydrogen-bond donors (Lipinski definition) is 0. The van der Waals surface area contributed by atoms with Crippen molar-refractivity contribution in [3.05, 3.63) is 82.9 Å². The molecule has 0 heterocycles. The van der Waals surface area contributed by atoms with Crippen molar-refractivity contribution in [2.75, 3.05) is 13.7 Å². The molecule has 2 unspecified atom stereocenters. The van der Waals surface area contributed by atoms with E-state index in [0.29, 0.717) is 6.54 Å². The Hall–Kier alpha value is -2.04. The fraction of sp³-hybridized carbons (Fsp3) is 0.364. The molecular weight excluding hydrogens is 332 g/mol. The molecule has 2 nitrogen and oxygen atoms in total. The number of aryl methyl sites for hydroxylation is 2. The predicted octanol–water partition coefficient (Wildman–Crippen LogP) is 5.35. The topological polar surface area (TPSA) is 12.5 Å². The van der Waals surface area contributed by atoms with Crippen LogP contribution < -0.4 is 0 Å². The Kier molecular flexibility index (Phi) is 7.06. The number of rotatable bonds is 8. The van der Waals surface area contributed by atoms with Gasteiger partial charge in [0.2, 0.25) is 0 Å². The monoisotopic (exact) mass is 359 g/mol. The summed E-state index contributed by atoms with van der Waals surface area (Å²) in [6.07, 6.45) is 2.04. The maximum absolute atomic E-state index is 14.3. The first-order valence-corrected chi connectivity index (χ1v) is 8.81. The summed E-state index contributed by atoms with van der Waals surface area (Å²) in [7, 11) is 1.60. The first-order chi connectivity index (χ1) is 12.4. The predicted molar refractivity (Wildman–Crippen MR) is 102 cm³/mol. The van der Waals surface area contributed by atoms with Gasteiger partial charge in [0.25, 0.3) is 0 Å². The van der Waals surface area contributed by atoms with Crippen molar-refractivity contribution in [1.82, 2.24) is 5.06 Å². The number of halogens is 2. The van der Waals surface area contributed by atoms with Crippen LogP contribution >= 0.6 is 0 Å². The highest BCUT2D eigenvalue weighted by Crippen LogP contribution is 2.30. The number of benzene rings is 2. The number of hydrogen-bond acceptors (Lipinski definition) is 2. The fourth-order valence-electron chi connectivity index (χ4n) is 3.44. The van der Waals surface area contributed by atoms with Gasteiger partial charge in [0.05, 0.1) is 13.2 Å². The molecule has 2 rings (SSSR count). The average Bonchev–Trinajstić information content (AvgIpc) is 2.61. The van der Waals surface area contributed by atoms with Crippen molar-refractivity contribution >= 4 is 0 Å². The Balaban J connectivity index is 2.46. The summed E-state index contributed by atoms with van der Waals surface area (Å²) in [5.41, 5.74) is 3.43. The average molecular weight is 359 g/mol. The van der Waals surface area contributed by atoms with Crippen LogP contribution in [0.4, 0.5) is 8.78 Å². The molecule has 140 valence electrons. The summed E-state index contributed by atoms with van der Waals surface area (Å²) in [5, 5.41) is 1.79. The second kappa shape index (κ2) is 9.06. The molecule has 0 aliphatic heterocycles. The smallest absolute Gasteiger partial charge is 0.129 e. The van der Waals surface area contributed by atoms with Crippen molar-refractivity contribution in [2.24, 2.45) is 0 Å². The van der Waals surface area contributed by atoms with Gasteiger partial charge in [0.1, 0.15) is 11.6 Å². The van der Waals surface area contributed by atoms with E-state index in [1.165, 1.54) is 18.2 Å². The lowest BCUT2D eigenvalue weighted by molar-refractivity contribution is -0.149. The van der Waals surface area contributed by atoms with Gasteiger partial charge in [-0.15, -0.1) is 6.58 Å². The molecule has 0 radical (unpaired) electrons. The summed E-state index contributed by atoms with van der Waals surface area (Å²) >= 11 is 0. The molecule has 0 aromatic heterocycles. The Morgan fingerprint density at radius 2 is 1.62 bits per heavy atom. The van der Waals surface area contributed by atoms with Gasteiger partial charge in [-0.3, -0.25) is 0 Å². The van der Waals surface area contributed by atoms with E-state index >= 15 is 0 Å². The Morgan fingerprint density at radius 1 is 1.08 bits per heavy atom. The Labute approximate surface area is 155 Å². The van der Waals surface area contributed by atoms with Gasteiger partial charge in [-0.1, -0.05) is 30.3 Å². The molecule has 2 atom stereocenters. The minimum absolute atomic E-state index is 0.0164. The first-order valence-electron chi connectivity index (χ1n) is 8.81. The van der Waals surface area contributed by atoms with Crippen LogP contribution in [0.3, 0.4) is 0 Å². The van der Waals surface area contributed by atoms with Crippen molar-refractivity contribution in [1.29, 1.82) is 0 Å². The molecule has 0 aliphatic carbocycles. The molecule has 0 amide bonds. The van der Waals surface area contributed by atoms with E-state index in [0.717, 1.165) is 16.7 Å². The van der Waals surface area contributed by atoms with E-state index in [1.807, 2.05) is 39.0 Å². The van der Waals surface area contributed by atoms with Crippen molar-refractivity contribution in [3.8, 4) is 0 Å². The van der Waals surface area contributed by atoms with Crippen LogP contribution in [0, 0.1) is 25.5 Å². The van der Waals surface area contributed by atoms with E-state index in [1.54, 1.807) is 18.2 Å². The minimum atomic E-state index is -0.512. The lowest BCUT2D eigenvalue weighted by Crippen LogP contribution is -2.35. The molecule has 0 spiro atoms. The van der Waals surface area contributed by atoms with Gasteiger partial charge < -0.3 is 4.84 Å². The molecule has 2 aromatic carbocycles. The van der Waals surface area contributed by atoms with Gasteiger partial charge in [-0.05, 0) is 56.0 Å². The number of nitrogens with zero attached hydrogens (tertiary/aromatic N) is 1. The highest BCUT2D eigenvalue weighted by molar-refractivity contribution is 5.38.